The van der Waals surface area contributed by atoms with Gasteiger partial charge in [-0.3, -0.25) is 0 Å². The molecule has 0 saturated heterocycles. The summed E-state index contributed by atoms with van der Waals surface area (Å²) < 4.78 is 15.5. The number of carbonyl (C=O) groups excluding carboxylic acids is 2. The van der Waals surface area contributed by atoms with Gasteiger partial charge in [0.2, 0.25) is 5.95 Å². The molecule has 0 atom stereocenters. The van der Waals surface area contributed by atoms with Crippen molar-refractivity contribution < 1.29 is 23.8 Å². The van der Waals surface area contributed by atoms with Crippen molar-refractivity contribution in [2.45, 2.75) is 78.2 Å². The Kier molecular flexibility index (Phi) is 12.6. The van der Waals surface area contributed by atoms with Crippen LogP contribution in [-0.4, -0.2) is 59.4 Å². The van der Waals surface area contributed by atoms with E-state index in [0.29, 0.717) is 42.9 Å². The van der Waals surface area contributed by atoms with Crippen LogP contribution >= 0.6 is 0 Å². The third-order valence-corrected chi connectivity index (χ3v) is 5.23. The standard InChI is InChI=1S/C27H41N5O5/c1-6-36-25-31-22(19-20-13-15-21(16-14-20)23(33)35-5)30-24(32-25)28-17-11-9-7-8-10-12-18-29-26(34)37-27(2,3)4/h13-16H,6-12,17-19H2,1-5H3,(H,29,34)(H,28,30,31,32). The maximum absolute atomic E-state index is 11.6. The lowest BCUT2D eigenvalue weighted by molar-refractivity contribution is 0.0525. The topological polar surface area (TPSA) is 125 Å². The Bertz CT molecular complexity index is 976. The van der Waals surface area contributed by atoms with E-state index < -0.39 is 5.60 Å². The van der Waals surface area contributed by atoms with E-state index in [4.69, 9.17) is 14.2 Å². The molecule has 1 aromatic carbocycles. The summed E-state index contributed by atoms with van der Waals surface area (Å²) in [7, 11) is 1.36. The SMILES string of the molecule is CCOc1nc(Cc2ccc(C(=O)OC)cc2)nc(NCCCCCCCCNC(=O)OC(C)(C)C)n1. The van der Waals surface area contributed by atoms with Crippen molar-refractivity contribution in [3.05, 3.63) is 41.2 Å². The zero-order valence-electron chi connectivity index (χ0n) is 22.8. The van der Waals surface area contributed by atoms with Crippen molar-refractivity contribution in [1.29, 1.82) is 0 Å². The molecule has 0 aliphatic rings. The third kappa shape index (κ3) is 12.4. The van der Waals surface area contributed by atoms with Crippen LogP contribution in [0.4, 0.5) is 10.7 Å². The van der Waals surface area contributed by atoms with Gasteiger partial charge in [-0.15, -0.1) is 0 Å². The number of unbranched alkanes of at least 4 members (excludes halogenated alkanes) is 5. The first-order chi connectivity index (χ1) is 17.7. The molecule has 2 N–H and O–H groups in total. The van der Waals surface area contributed by atoms with Gasteiger partial charge in [-0.1, -0.05) is 37.8 Å². The lowest BCUT2D eigenvalue weighted by Gasteiger charge is -2.19. The number of nitrogens with zero attached hydrogens (tertiary/aromatic N) is 3. The Morgan fingerprint density at radius 1 is 0.892 bits per heavy atom. The number of methoxy groups -OCH3 is 1. The highest BCUT2D eigenvalue weighted by atomic mass is 16.6. The van der Waals surface area contributed by atoms with Crippen LogP contribution in [0.25, 0.3) is 0 Å². The number of nitrogens with one attached hydrogen (secondary N) is 2. The first-order valence-electron chi connectivity index (χ1n) is 13.0. The highest BCUT2D eigenvalue weighted by molar-refractivity contribution is 5.89. The Balaban J connectivity index is 1.71. The largest absolute Gasteiger partial charge is 0.465 e. The molecule has 1 amide bonds. The number of hydrogen-bond acceptors (Lipinski definition) is 9. The van der Waals surface area contributed by atoms with Crippen molar-refractivity contribution in [3.8, 4) is 6.01 Å². The molecule has 0 radical (unpaired) electrons. The first kappa shape index (κ1) is 29.8. The van der Waals surface area contributed by atoms with Crippen molar-refractivity contribution >= 4 is 18.0 Å². The maximum Gasteiger partial charge on any atom is 0.407 e. The normalized spacial score (nSPS) is 11.1. The van der Waals surface area contributed by atoms with Crippen LogP contribution in [0.2, 0.25) is 0 Å². The molecule has 0 spiro atoms. The molecule has 0 unspecified atom stereocenters. The van der Waals surface area contributed by atoms with E-state index in [2.05, 4.69) is 25.6 Å². The average molecular weight is 516 g/mol. The fourth-order valence-corrected chi connectivity index (χ4v) is 3.47. The van der Waals surface area contributed by atoms with Crippen LogP contribution in [0.3, 0.4) is 0 Å². The minimum atomic E-state index is -0.467. The zero-order valence-corrected chi connectivity index (χ0v) is 22.8. The van der Waals surface area contributed by atoms with Crippen molar-refractivity contribution in [1.82, 2.24) is 20.3 Å². The average Bonchev–Trinajstić information content (AvgIpc) is 2.84. The van der Waals surface area contributed by atoms with Crippen LogP contribution in [0.15, 0.2) is 24.3 Å². The predicted octanol–water partition coefficient (Wildman–Crippen LogP) is 4.92. The molecule has 2 aromatic rings. The predicted molar refractivity (Wildman–Crippen MR) is 142 cm³/mol. The number of benzene rings is 1. The monoisotopic (exact) mass is 515 g/mol. The molecule has 2 rings (SSSR count). The molecule has 0 bridgehead atoms. The van der Waals surface area contributed by atoms with Crippen molar-refractivity contribution in [2.75, 3.05) is 32.1 Å². The number of aromatic nitrogens is 3. The molecule has 0 saturated carbocycles. The number of amides is 1. The zero-order chi connectivity index (χ0) is 27.1. The molecular formula is C27H41N5O5. The highest BCUT2D eigenvalue weighted by Crippen LogP contribution is 2.14. The molecule has 1 aromatic heterocycles. The van der Waals surface area contributed by atoms with Gasteiger partial charge in [0, 0.05) is 19.5 Å². The van der Waals surface area contributed by atoms with Gasteiger partial charge in [-0.05, 0) is 58.2 Å². The Hall–Kier alpha value is -3.43. The van der Waals surface area contributed by atoms with Gasteiger partial charge in [-0.2, -0.15) is 15.0 Å². The Labute approximate surface area is 219 Å². The van der Waals surface area contributed by atoms with E-state index in [-0.39, 0.29) is 12.1 Å². The fraction of sp³-hybridized carbons (Fsp3) is 0.593. The summed E-state index contributed by atoms with van der Waals surface area (Å²) in [5.74, 6) is 0.714. The van der Waals surface area contributed by atoms with E-state index in [9.17, 15) is 9.59 Å². The summed E-state index contributed by atoms with van der Waals surface area (Å²) in [4.78, 5) is 36.5. The molecule has 204 valence electrons. The molecule has 0 aliphatic heterocycles. The Morgan fingerprint density at radius 2 is 1.54 bits per heavy atom. The molecule has 10 nitrogen and oxygen atoms in total. The van der Waals surface area contributed by atoms with Crippen molar-refractivity contribution in [3.63, 3.8) is 0 Å². The Morgan fingerprint density at radius 3 is 2.16 bits per heavy atom. The van der Waals surface area contributed by atoms with Gasteiger partial charge in [-0.25, -0.2) is 9.59 Å². The minimum Gasteiger partial charge on any atom is -0.465 e. The molecule has 1 heterocycles. The van der Waals surface area contributed by atoms with Gasteiger partial charge < -0.3 is 24.8 Å². The number of anilines is 1. The summed E-state index contributed by atoms with van der Waals surface area (Å²) >= 11 is 0. The minimum absolute atomic E-state index is 0.293. The molecule has 37 heavy (non-hydrogen) atoms. The highest BCUT2D eigenvalue weighted by Gasteiger charge is 2.15. The molecule has 10 heteroatoms. The lowest BCUT2D eigenvalue weighted by atomic mass is 10.1. The second-order valence-corrected chi connectivity index (χ2v) is 9.63. The number of ether oxygens (including phenoxy) is 3. The summed E-state index contributed by atoms with van der Waals surface area (Å²) in [6, 6.07) is 7.46. The van der Waals surface area contributed by atoms with E-state index in [1.165, 1.54) is 7.11 Å². The van der Waals surface area contributed by atoms with Gasteiger partial charge in [0.15, 0.2) is 0 Å². The number of hydrogen-bond donors (Lipinski definition) is 2. The molecule has 0 aliphatic carbocycles. The first-order valence-corrected chi connectivity index (χ1v) is 13.0. The second-order valence-electron chi connectivity index (χ2n) is 9.63. The smallest absolute Gasteiger partial charge is 0.407 e. The van der Waals surface area contributed by atoms with Crippen LogP contribution in [0.5, 0.6) is 6.01 Å². The van der Waals surface area contributed by atoms with Crippen LogP contribution in [0.1, 0.15) is 88.0 Å². The fourth-order valence-electron chi connectivity index (χ4n) is 3.47. The van der Waals surface area contributed by atoms with Crippen molar-refractivity contribution in [2.24, 2.45) is 0 Å². The summed E-state index contributed by atoms with van der Waals surface area (Å²) in [5.41, 5.74) is 0.996. The third-order valence-electron chi connectivity index (χ3n) is 5.23. The van der Waals surface area contributed by atoms with Crippen LogP contribution < -0.4 is 15.4 Å². The number of esters is 1. The second kappa shape index (κ2) is 15.6. The lowest BCUT2D eigenvalue weighted by Crippen LogP contribution is -2.32. The van der Waals surface area contributed by atoms with Crippen LogP contribution in [0, 0.1) is 0 Å². The van der Waals surface area contributed by atoms with E-state index in [1.54, 1.807) is 12.1 Å². The van der Waals surface area contributed by atoms with E-state index in [1.807, 2.05) is 39.8 Å². The van der Waals surface area contributed by atoms with Gasteiger partial charge in [0.1, 0.15) is 11.4 Å². The van der Waals surface area contributed by atoms with Crippen LogP contribution in [-0.2, 0) is 15.9 Å². The maximum atomic E-state index is 11.6. The van der Waals surface area contributed by atoms with Gasteiger partial charge in [0.05, 0.1) is 19.3 Å². The van der Waals surface area contributed by atoms with E-state index >= 15 is 0 Å². The number of carbonyl (C=O) groups is 2. The summed E-state index contributed by atoms with van der Waals surface area (Å²) in [6.45, 7) is 9.30. The van der Waals surface area contributed by atoms with Gasteiger partial charge >= 0.3 is 18.1 Å². The molecular weight excluding hydrogens is 474 g/mol. The summed E-state index contributed by atoms with van der Waals surface area (Å²) in [5, 5.41) is 6.07. The summed E-state index contributed by atoms with van der Waals surface area (Å²) in [6.07, 6.45) is 6.48. The quantitative estimate of drug-likeness (QED) is 0.251. The number of alkyl carbamates (subject to hydrolysis) is 1. The van der Waals surface area contributed by atoms with E-state index in [0.717, 1.165) is 50.6 Å². The number of rotatable bonds is 15. The van der Waals surface area contributed by atoms with Gasteiger partial charge in [0.25, 0.3) is 0 Å². The molecule has 0 fully saturated rings.